The van der Waals surface area contributed by atoms with Gasteiger partial charge in [0, 0.05) is 30.5 Å². The van der Waals surface area contributed by atoms with E-state index in [1.807, 2.05) is 18.7 Å². The molecule has 1 aliphatic heterocycles. The number of morpholine rings is 1. The molecule has 0 bridgehead atoms. The van der Waals surface area contributed by atoms with Crippen molar-refractivity contribution in [2.24, 2.45) is 78.8 Å². The molecule has 2 N–H and O–H groups in total. The Morgan fingerprint density at radius 1 is 0.741 bits per heavy atom. The SMILES string of the molecule is CC(C)(CC(=O)O)CC(=O)O[C@H]1CC[C@]2(C)[C@H]3CC[C@@H]4[C@H]5[C@H](C6(C)CC6)CC[C@]5(C(=O)N[C@@H]5C[C@H](C(=O)N6CCOCC6)C5(C)C)CC[C@@]4(C)[C@]3(C)CC[C@H]2C1(C)C. The molecule has 0 radical (unpaired) electrons. The minimum Gasteiger partial charge on any atom is -0.481 e. The molecule has 7 aliphatic carbocycles. The number of nitrogens with one attached hydrogen (secondary N) is 1. The zero-order valence-corrected chi connectivity index (χ0v) is 37.9. The molecular weight excluding hydrogens is 729 g/mol. The number of hydrogen-bond donors (Lipinski definition) is 2. The topological polar surface area (TPSA) is 122 Å². The van der Waals surface area contributed by atoms with E-state index in [-0.39, 0.29) is 75.3 Å². The van der Waals surface area contributed by atoms with Crippen LogP contribution in [0.2, 0.25) is 0 Å². The summed E-state index contributed by atoms with van der Waals surface area (Å²) in [5.41, 5.74) is -0.663. The summed E-state index contributed by atoms with van der Waals surface area (Å²) in [5.74, 6) is 1.81. The summed E-state index contributed by atoms with van der Waals surface area (Å²) in [6.07, 6.45) is 14.0. The van der Waals surface area contributed by atoms with Gasteiger partial charge in [0.2, 0.25) is 11.8 Å². The molecule has 12 atom stereocenters. The highest BCUT2D eigenvalue weighted by atomic mass is 16.5. The van der Waals surface area contributed by atoms with Crippen LogP contribution in [0.25, 0.3) is 0 Å². The standard InChI is InChI=1S/C49H78N2O7/c1-42(2,28-37(52)53)29-38(54)58-36-15-16-46(8)33(44(36,5)6)14-17-48(10)34(46)12-11-31-39-30(45(7)19-20-45)13-18-49(39,22-21-47(31,48)9)41(56)50-35-27-32(43(35,3)4)40(55)51-23-25-57-26-24-51/h30-36,39H,11-29H2,1-10H3,(H,50,56)(H,52,53)/t30-,31-,32-,33+,34-,35-,36+,39-,46+,47-,48-,49+/m1/s1. The molecule has 8 aliphatic rings. The van der Waals surface area contributed by atoms with Gasteiger partial charge in [0.05, 0.1) is 31.5 Å². The monoisotopic (exact) mass is 807 g/mol. The van der Waals surface area contributed by atoms with Crippen molar-refractivity contribution in [3.05, 3.63) is 0 Å². The Kier molecular flexibility index (Phi) is 10.2. The largest absolute Gasteiger partial charge is 0.481 e. The van der Waals surface area contributed by atoms with Gasteiger partial charge in [-0.3, -0.25) is 19.2 Å². The molecule has 0 spiro atoms. The Balaban J connectivity index is 1.01. The van der Waals surface area contributed by atoms with Gasteiger partial charge in [-0.1, -0.05) is 69.2 Å². The van der Waals surface area contributed by atoms with E-state index in [0.29, 0.717) is 67.2 Å². The molecular formula is C49H78N2O7. The van der Waals surface area contributed by atoms with E-state index < -0.39 is 11.4 Å². The number of ether oxygens (including phenoxy) is 2. The molecule has 0 unspecified atom stereocenters. The maximum absolute atomic E-state index is 15.2. The van der Waals surface area contributed by atoms with E-state index in [4.69, 9.17) is 9.47 Å². The zero-order valence-electron chi connectivity index (χ0n) is 37.9. The molecule has 8 fully saturated rings. The fourth-order valence-corrected chi connectivity index (χ4v) is 16.5. The number of carbonyl (C=O) groups excluding carboxylic acids is 3. The number of amides is 2. The molecule has 326 valence electrons. The van der Waals surface area contributed by atoms with Crippen LogP contribution in [0.15, 0.2) is 0 Å². The van der Waals surface area contributed by atoms with E-state index in [2.05, 4.69) is 60.7 Å². The number of fused-ring (bicyclic) bond motifs is 7. The Morgan fingerprint density at radius 2 is 1.43 bits per heavy atom. The van der Waals surface area contributed by atoms with Gasteiger partial charge >= 0.3 is 11.9 Å². The summed E-state index contributed by atoms with van der Waals surface area (Å²) in [4.78, 5) is 55.5. The number of carboxylic acids is 1. The van der Waals surface area contributed by atoms with Gasteiger partial charge in [-0.2, -0.15) is 0 Å². The van der Waals surface area contributed by atoms with Crippen LogP contribution in [-0.4, -0.2) is 72.2 Å². The first-order valence-corrected chi connectivity index (χ1v) is 23.5. The van der Waals surface area contributed by atoms with Crippen molar-refractivity contribution in [2.45, 2.75) is 178 Å². The van der Waals surface area contributed by atoms with E-state index in [1.54, 1.807) is 0 Å². The highest BCUT2D eigenvalue weighted by Crippen LogP contribution is 2.79. The summed E-state index contributed by atoms with van der Waals surface area (Å²) in [7, 11) is 0. The van der Waals surface area contributed by atoms with Gasteiger partial charge < -0.3 is 24.8 Å². The summed E-state index contributed by atoms with van der Waals surface area (Å²) in [6.45, 7) is 25.7. The average Bonchev–Trinajstić information content (AvgIpc) is 3.75. The molecule has 0 aromatic carbocycles. The highest BCUT2D eigenvalue weighted by molar-refractivity contribution is 5.86. The molecule has 9 nitrogen and oxygen atoms in total. The third-order valence-electron chi connectivity index (χ3n) is 20.5. The zero-order chi connectivity index (χ0) is 42.1. The van der Waals surface area contributed by atoms with Gasteiger partial charge in [-0.05, 0) is 146 Å². The van der Waals surface area contributed by atoms with Gasteiger partial charge in [-0.25, -0.2) is 0 Å². The fraction of sp³-hybridized carbons (Fsp3) is 0.918. The number of carbonyl (C=O) groups is 4. The van der Waals surface area contributed by atoms with Crippen molar-refractivity contribution in [1.29, 1.82) is 0 Å². The Bertz CT molecular complexity index is 1680. The van der Waals surface area contributed by atoms with Crippen molar-refractivity contribution < 1.29 is 33.8 Å². The lowest BCUT2D eigenvalue weighted by atomic mass is 9.32. The van der Waals surface area contributed by atoms with E-state index in [1.165, 1.54) is 32.1 Å². The molecule has 0 aromatic rings. The molecule has 0 aromatic heterocycles. The lowest BCUT2D eigenvalue weighted by Crippen LogP contribution is -2.69. The van der Waals surface area contributed by atoms with Crippen LogP contribution in [0.3, 0.4) is 0 Å². The third-order valence-corrected chi connectivity index (χ3v) is 20.5. The number of aliphatic carboxylic acids is 1. The second-order valence-corrected chi connectivity index (χ2v) is 24.5. The van der Waals surface area contributed by atoms with Gasteiger partial charge in [-0.15, -0.1) is 0 Å². The van der Waals surface area contributed by atoms with Crippen LogP contribution in [0.1, 0.15) is 166 Å². The second-order valence-electron chi connectivity index (χ2n) is 24.5. The van der Waals surface area contributed by atoms with Crippen LogP contribution in [0, 0.1) is 78.8 Å². The normalized spacial score (nSPS) is 44.6. The first kappa shape index (κ1) is 42.5. The quantitative estimate of drug-likeness (QED) is 0.223. The van der Waals surface area contributed by atoms with Gasteiger partial charge in [0.1, 0.15) is 6.10 Å². The Morgan fingerprint density at radius 3 is 2.07 bits per heavy atom. The average molecular weight is 807 g/mol. The number of nitrogens with zero attached hydrogens (tertiary/aromatic N) is 1. The molecule has 2 amide bonds. The minimum absolute atomic E-state index is 0.0198. The summed E-state index contributed by atoms with van der Waals surface area (Å²) in [6, 6.07) is 0.0198. The number of carboxylic acid groups (broad SMARTS) is 1. The third kappa shape index (κ3) is 6.35. The van der Waals surface area contributed by atoms with Crippen molar-refractivity contribution in [3.8, 4) is 0 Å². The molecule has 8 rings (SSSR count). The second kappa shape index (κ2) is 13.9. The van der Waals surface area contributed by atoms with Crippen LogP contribution in [0.5, 0.6) is 0 Å². The number of rotatable bonds is 9. The maximum Gasteiger partial charge on any atom is 0.306 e. The molecule has 1 heterocycles. The smallest absolute Gasteiger partial charge is 0.306 e. The number of esters is 1. The van der Waals surface area contributed by atoms with Crippen LogP contribution in [-0.2, 0) is 28.7 Å². The lowest BCUT2D eigenvalue weighted by molar-refractivity contribution is -0.251. The van der Waals surface area contributed by atoms with E-state index >= 15 is 4.79 Å². The Hall–Kier alpha value is -2.16. The summed E-state index contributed by atoms with van der Waals surface area (Å²) < 4.78 is 11.8. The molecule has 7 saturated carbocycles. The van der Waals surface area contributed by atoms with Crippen LogP contribution < -0.4 is 5.32 Å². The minimum atomic E-state index is -0.887. The van der Waals surface area contributed by atoms with Gasteiger partial charge in [0.25, 0.3) is 0 Å². The highest BCUT2D eigenvalue weighted by Gasteiger charge is 2.74. The first-order chi connectivity index (χ1) is 27.0. The Labute approximate surface area is 349 Å². The predicted octanol–water partition coefficient (Wildman–Crippen LogP) is 9.06. The number of hydrogen-bond acceptors (Lipinski definition) is 6. The van der Waals surface area contributed by atoms with E-state index in [0.717, 1.165) is 51.4 Å². The fourth-order valence-electron chi connectivity index (χ4n) is 16.5. The van der Waals surface area contributed by atoms with Gasteiger partial charge in [0.15, 0.2) is 0 Å². The van der Waals surface area contributed by atoms with Crippen LogP contribution in [0.4, 0.5) is 0 Å². The van der Waals surface area contributed by atoms with Crippen molar-refractivity contribution in [2.75, 3.05) is 26.3 Å². The van der Waals surface area contributed by atoms with E-state index in [9.17, 15) is 19.5 Å². The molecule has 9 heteroatoms. The van der Waals surface area contributed by atoms with Crippen LogP contribution >= 0.6 is 0 Å². The lowest BCUT2D eigenvalue weighted by Gasteiger charge is -2.73. The maximum atomic E-state index is 15.2. The van der Waals surface area contributed by atoms with Crippen molar-refractivity contribution >= 4 is 23.8 Å². The van der Waals surface area contributed by atoms with Crippen molar-refractivity contribution in [3.63, 3.8) is 0 Å². The summed E-state index contributed by atoms with van der Waals surface area (Å²) >= 11 is 0. The molecule has 1 saturated heterocycles. The summed E-state index contributed by atoms with van der Waals surface area (Å²) in [5, 5.41) is 13.1. The first-order valence-electron chi connectivity index (χ1n) is 23.5. The predicted molar refractivity (Wildman–Crippen MR) is 223 cm³/mol. The molecule has 58 heavy (non-hydrogen) atoms. The van der Waals surface area contributed by atoms with Crippen molar-refractivity contribution in [1.82, 2.24) is 10.2 Å².